The van der Waals surface area contributed by atoms with Crippen LogP contribution in [0.1, 0.15) is 33.2 Å². The number of nitrogens with zero attached hydrogens (tertiary/aromatic N) is 1. The van der Waals surface area contributed by atoms with Crippen LogP contribution in [0.2, 0.25) is 0 Å². The van der Waals surface area contributed by atoms with E-state index in [1.165, 1.54) is 12.1 Å². The average molecular weight is 310 g/mol. The van der Waals surface area contributed by atoms with Gasteiger partial charge in [0.05, 0.1) is 11.1 Å². The molecule has 22 heavy (non-hydrogen) atoms. The molecule has 1 aromatic rings. The summed E-state index contributed by atoms with van der Waals surface area (Å²) < 4.78 is 0. The molecule has 1 heterocycles. The Balaban J connectivity index is 0.000000235. The van der Waals surface area contributed by atoms with E-state index in [4.69, 9.17) is 15.3 Å². The van der Waals surface area contributed by atoms with Gasteiger partial charge in [-0.2, -0.15) is 0 Å². The summed E-state index contributed by atoms with van der Waals surface area (Å²) in [5, 5.41) is 29.6. The number of carboxylic acids is 2. The van der Waals surface area contributed by atoms with Gasteiger partial charge in [-0.1, -0.05) is 6.07 Å². The molecule has 0 aliphatic carbocycles. The Morgan fingerprint density at radius 1 is 1.18 bits per heavy atom. The van der Waals surface area contributed by atoms with Crippen molar-refractivity contribution in [3.05, 3.63) is 34.9 Å². The van der Waals surface area contributed by atoms with Crippen LogP contribution >= 0.6 is 0 Å². The quantitative estimate of drug-likeness (QED) is 0.648. The number of aryl methyl sites for hydroxylation is 1. The zero-order chi connectivity index (χ0) is 16.7. The van der Waals surface area contributed by atoms with Crippen LogP contribution in [-0.4, -0.2) is 64.6 Å². The van der Waals surface area contributed by atoms with Crippen molar-refractivity contribution in [3.63, 3.8) is 0 Å². The molecule has 1 aliphatic rings. The number of hydrogen-bond acceptors (Lipinski definition) is 5. The molecule has 1 aromatic carbocycles. The molecule has 0 spiro atoms. The van der Waals surface area contributed by atoms with Crippen molar-refractivity contribution in [2.24, 2.45) is 0 Å². The fraction of sp³-hybridized carbons (Fsp3) is 0.467. The van der Waals surface area contributed by atoms with Gasteiger partial charge in [0.15, 0.2) is 0 Å². The summed E-state index contributed by atoms with van der Waals surface area (Å²) in [6.45, 7) is 7.38. The van der Waals surface area contributed by atoms with Crippen LogP contribution in [0.25, 0.3) is 0 Å². The summed E-state index contributed by atoms with van der Waals surface area (Å²) in [5.41, 5.74) is 0.570. The SMILES string of the molecule is CC(O)N1CCNCC1.Cc1ccc(C(=O)O)cc1C(=O)O. The van der Waals surface area contributed by atoms with E-state index in [9.17, 15) is 9.59 Å². The molecule has 1 unspecified atom stereocenters. The van der Waals surface area contributed by atoms with E-state index in [0.717, 1.165) is 32.2 Å². The lowest BCUT2D eigenvalue weighted by atomic mass is 10.1. The molecule has 2 rings (SSSR count). The number of carbonyl (C=O) groups is 2. The molecule has 122 valence electrons. The van der Waals surface area contributed by atoms with E-state index >= 15 is 0 Å². The van der Waals surface area contributed by atoms with Gasteiger partial charge in [0.2, 0.25) is 0 Å². The largest absolute Gasteiger partial charge is 0.478 e. The molecular formula is C15H22N2O5. The van der Waals surface area contributed by atoms with E-state index < -0.39 is 11.9 Å². The third-order valence-corrected chi connectivity index (χ3v) is 3.39. The van der Waals surface area contributed by atoms with Crippen LogP contribution in [0.5, 0.6) is 0 Å². The molecule has 0 bridgehead atoms. The third-order valence-electron chi connectivity index (χ3n) is 3.39. The van der Waals surface area contributed by atoms with Gasteiger partial charge >= 0.3 is 11.9 Å². The second kappa shape index (κ2) is 8.47. The van der Waals surface area contributed by atoms with Crippen LogP contribution in [0.3, 0.4) is 0 Å². The minimum Gasteiger partial charge on any atom is -0.478 e. The molecule has 4 N–H and O–H groups in total. The standard InChI is InChI=1S/C9H8O4.C6H14N2O/c1-5-2-3-6(8(10)11)4-7(5)9(12)13;1-6(9)8-4-2-7-3-5-8/h2-4H,1H3,(H,10,11)(H,12,13);6-7,9H,2-5H2,1H3. The lowest BCUT2D eigenvalue weighted by molar-refractivity contribution is 0.0112. The van der Waals surface area contributed by atoms with E-state index in [1.807, 2.05) is 6.92 Å². The number of nitrogens with one attached hydrogen (secondary N) is 1. The first-order valence-corrected chi connectivity index (χ1v) is 7.03. The van der Waals surface area contributed by atoms with Gasteiger partial charge in [-0.15, -0.1) is 0 Å². The molecular weight excluding hydrogens is 288 g/mol. The highest BCUT2D eigenvalue weighted by Crippen LogP contribution is 2.11. The van der Waals surface area contributed by atoms with Crippen LogP contribution in [0.4, 0.5) is 0 Å². The van der Waals surface area contributed by atoms with Crippen molar-refractivity contribution in [1.29, 1.82) is 0 Å². The number of aliphatic hydroxyl groups excluding tert-OH is 1. The fourth-order valence-electron chi connectivity index (χ4n) is 2.04. The van der Waals surface area contributed by atoms with Gasteiger partial charge < -0.3 is 20.6 Å². The average Bonchev–Trinajstić information content (AvgIpc) is 2.48. The maximum Gasteiger partial charge on any atom is 0.335 e. The van der Waals surface area contributed by atoms with E-state index in [0.29, 0.717) is 5.56 Å². The first-order valence-electron chi connectivity index (χ1n) is 7.03. The third kappa shape index (κ3) is 5.44. The Hall–Kier alpha value is -1.96. The van der Waals surface area contributed by atoms with Gasteiger partial charge in [0.25, 0.3) is 0 Å². The van der Waals surface area contributed by atoms with Crippen LogP contribution in [0.15, 0.2) is 18.2 Å². The smallest absolute Gasteiger partial charge is 0.335 e. The van der Waals surface area contributed by atoms with Crippen molar-refractivity contribution < 1.29 is 24.9 Å². The van der Waals surface area contributed by atoms with Crippen molar-refractivity contribution >= 4 is 11.9 Å². The Morgan fingerprint density at radius 3 is 2.18 bits per heavy atom. The predicted molar refractivity (Wildman–Crippen MR) is 81.2 cm³/mol. The second-order valence-electron chi connectivity index (χ2n) is 5.06. The summed E-state index contributed by atoms with van der Waals surface area (Å²) in [5.74, 6) is -2.23. The Labute approximate surface area is 129 Å². The van der Waals surface area contributed by atoms with Gasteiger partial charge in [0.1, 0.15) is 6.23 Å². The summed E-state index contributed by atoms with van der Waals surface area (Å²) >= 11 is 0. The predicted octanol–water partition coefficient (Wildman–Crippen LogP) is 0.621. The monoisotopic (exact) mass is 310 g/mol. The number of carboxylic acid groups (broad SMARTS) is 2. The molecule has 0 saturated carbocycles. The summed E-state index contributed by atoms with van der Waals surface area (Å²) in [6.07, 6.45) is -0.271. The first-order chi connectivity index (χ1) is 10.3. The molecule has 7 heteroatoms. The van der Waals surface area contributed by atoms with Crippen molar-refractivity contribution in [1.82, 2.24) is 10.2 Å². The van der Waals surface area contributed by atoms with Gasteiger partial charge in [0, 0.05) is 26.2 Å². The lowest BCUT2D eigenvalue weighted by Crippen LogP contribution is -2.47. The highest BCUT2D eigenvalue weighted by Gasteiger charge is 2.12. The number of piperazine rings is 1. The molecule has 0 amide bonds. The number of aliphatic hydroxyl groups is 1. The normalized spacial score (nSPS) is 16.3. The van der Waals surface area contributed by atoms with E-state index in [1.54, 1.807) is 6.92 Å². The van der Waals surface area contributed by atoms with E-state index in [2.05, 4.69) is 10.2 Å². The van der Waals surface area contributed by atoms with Crippen LogP contribution < -0.4 is 5.32 Å². The molecule has 1 fully saturated rings. The summed E-state index contributed by atoms with van der Waals surface area (Å²) in [4.78, 5) is 23.1. The topological polar surface area (TPSA) is 110 Å². The molecule has 1 atom stereocenters. The molecule has 1 saturated heterocycles. The number of rotatable bonds is 3. The Morgan fingerprint density at radius 2 is 1.77 bits per heavy atom. The Bertz CT molecular complexity index is 525. The summed E-state index contributed by atoms with van der Waals surface area (Å²) in [6, 6.07) is 4.01. The van der Waals surface area contributed by atoms with Gasteiger partial charge in [-0.05, 0) is 31.5 Å². The number of benzene rings is 1. The van der Waals surface area contributed by atoms with Gasteiger partial charge in [-0.3, -0.25) is 4.90 Å². The summed E-state index contributed by atoms with van der Waals surface area (Å²) in [7, 11) is 0. The maximum absolute atomic E-state index is 10.6. The molecule has 7 nitrogen and oxygen atoms in total. The zero-order valence-corrected chi connectivity index (χ0v) is 12.7. The van der Waals surface area contributed by atoms with E-state index in [-0.39, 0.29) is 17.4 Å². The van der Waals surface area contributed by atoms with Crippen molar-refractivity contribution in [3.8, 4) is 0 Å². The van der Waals surface area contributed by atoms with Gasteiger partial charge in [-0.25, -0.2) is 9.59 Å². The maximum atomic E-state index is 10.6. The number of hydrogen-bond donors (Lipinski definition) is 4. The molecule has 0 radical (unpaired) electrons. The molecule has 0 aromatic heterocycles. The zero-order valence-electron chi connectivity index (χ0n) is 12.7. The highest BCUT2D eigenvalue weighted by molar-refractivity contribution is 5.94. The lowest BCUT2D eigenvalue weighted by Gasteiger charge is -2.29. The second-order valence-corrected chi connectivity index (χ2v) is 5.06. The highest BCUT2D eigenvalue weighted by atomic mass is 16.4. The van der Waals surface area contributed by atoms with Crippen LogP contribution in [0, 0.1) is 6.92 Å². The Kier molecular flexibility index (Phi) is 6.97. The fourth-order valence-corrected chi connectivity index (χ4v) is 2.04. The number of aromatic carboxylic acids is 2. The minimum absolute atomic E-state index is 0.0111. The minimum atomic E-state index is -1.12. The van der Waals surface area contributed by atoms with Crippen molar-refractivity contribution in [2.75, 3.05) is 26.2 Å². The van der Waals surface area contributed by atoms with Crippen LogP contribution in [-0.2, 0) is 0 Å². The van der Waals surface area contributed by atoms with Crippen molar-refractivity contribution in [2.45, 2.75) is 20.1 Å². The molecule has 1 aliphatic heterocycles. The first kappa shape index (κ1) is 18.1.